The summed E-state index contributed by atoms with van der Waals surface area (Å²) in [4.78, 5) is 15.7. The molecule has 0 aliphatic carbocycles. The summed E-state index contributed by atoms with van der Waals surface area (Å²) in [5, 5.41) is 4.09. The van der Waals surface area contributed by atoms with E-state index in [-0.39, 0.29) is 5.91 Å². The molecule has 0 fully saturated rings. The summed E-state index contributed by atoms with van der Waals surface area (Å²) in [6, 6.07) is 10.7. The summed E-state index contributed by atoms with van der Waals surface area (Å²) in [5.74, 6) is 0.479. The number of rotatable bonds is 4. The summed E-state index contributed by atoms with van der Waals surface area (Å²) in [5.41, 5.74) is 4.62. The van der Waals surface area contributed by atoms with Crippen LogP contribution in [0.15, 0.2) is 53.9 Å². The van der Waals surface area contributed by atoms with E-state index in [0.717, 1.165) is 11.3 Å². The number of hydrogen-bond acceptors (Lipinski definition) is 4. The lowest BCUT2D eigenvalue weighted by atomic mass is 10.1. The molecule has 1 amide bonds. The molecule has 0 bridgehead atoms. The molecular formula is C15H15N3O2. The van der Waals surface area contributed by atoms with Gasteiger partial charge in [0.15, 0.2) is 0 Å². The number of amides is 1. The molecule has 0 atom stereocenters. The van der Waals surface area contributed by atoms with E-state index in [1.807, 2.05) is 31.2 Å². The third kappa shape index (κ3) is 3.41. The maximum atomic E-state index is 11.8. The summed E-state index contributed by atoms with van der Waals surface area (Å²) in [6.45, 7) is 1.82. The Morgan fingerprint density at radius 1 is 1.20 bits per heavy atom. The van der Waals surface area contributed by atoms with Gasteiger partial charge in [-0.05, 0) is 31.2 Å². The predicted octanol–water partition coefficient (Wildman–Crippen LogP) is 2.24. The minimum Gasteiger partial charge on any atom is -0.497 e. The highest BCUT2D eigenvalue weighted by atomic mass is 16.5. The largest absolute Gasteiger partial charge is 0.497 e. The van der Waals surface area contributed by atoms with E-state index in [2.05, 4.69) is 15.5 Å². The first kappa shape index (κ1) is 13.7. The van der Waals surface area contributed by atoms with Crippen LogP contribution in [-0.4, -0.2) is 23.7 Å². The number of aromatic nitrogens is 1. The second-order valence-electron chi connectivity index (χ2n) is 4.11. The van der Waals surface area contributed by atoms with Crippen LogP contribution < -0.4 is 10.2 Å². The Bertz CT molecular complexity index is 624. The zero-order valence-electron chi connectivity index (χ0n) is 11.3. The van der Waals surface area contributed by atoms with Gasteiger partial charge in [-0.3, -0.25) is 9.78 Å². The van der Waals surface area contributed by atoms with Gasteiger partial charge in [-0.2, -0.15) is 5.10 Å². The number of nitrogens with zero attached hydrogens (tertiary/aromatic N) is 2. The highest BCUT2D eigenvalue weighted by Gasteiger charge is 2.04. The number of benzene rings is 1. The van der Waals surface area contributed by atoms with E-state index in [9.17, 15) is 4.79 Å². The van der Waals surface area contributed by atoms with E-state index < -0.39 is 0 Å². The standard InChI is InChI=1S/C15H15N3O2/c1-11(13-4-3-5-14(10-13)20-2)17-18-15(19)12-6-8-16-9-7-12/h3-10H,1-2H3,(H,18,19)/b17-11+. The lowest BCUT2D eigenvalue weighted by Crippen LogP contribution is -2.19. The molecule has 1 N–H and O–H groups in total. The summed E-state index contributed by atoms with van der Waals surface area (Å²) in [7, 11) is 1.61. The van der Waals surface area contributed by atoms with E-state index in [4.69, 9.17) is 4.74 Å². The Kier molecular flexibility index (Phi) is 4.44. The molecular weight excluding hydrogens is 254 g/mol. The van der Waals surface area contributed by atoms with Crippen molar-refractivity contribution in [3.8, 4) is 5.75 Å². The van der Waals surface area contributed by atoms with Crippen molar-refractivity contribution in [2.24, 2.45) is 5.10 Å². The van der Waals surface area contributed by atoms with Crippen LogP contribution in [0.25, 0.3) is 0 Å². The minimum atomic E-state index is -0.269. The fourth-order valence-corrected chi connectivity index (χ4v) is 1.62. The first-order valence-electron chi connectivity index (χ1n) is 6.10. The van der Waals surface area contributed by atoms with Crippen LogP contribution >= 0.6 is 0 Å². The van der Waals surface area contributed by atoms with Gasteiger partial charge >= 0.3 is 0 Å². The number of nitrogens with one attached hydrogen (secondary N) is 1. The lowest BCUT2D eigenvalue weighted by Gasteiger charge is -2.05. The first-order valence-corrected chi connectivity index (χ1v) is 6.10. The Morgan fingerprint density at radius 3 is 2.65 bits per heavy atom. The molecule has 0 unspecified atom stereocenters. The molecule has 1 heterocycles. The fourth-order valence-electron chi connectivity index (χ4n) is 1.62. The second kappa shape index (κ2) is 6.47. The van der Waals surface area contributed by atoms with Gasteiger partial charge in [-0.25, -0.2) is 5.43 Å². The van der Waals surface area contributed by atoms with Crippen molar-refractivity contribution in [2.45, 2.75) is 6.92 Å². The molecule has 20 heavy (non-hydrogen) atoms. The van der Waals surface area contributed by atoms with Crippen LogP contribution in [0.3, 0.4) is 0 Å². The van der Waals surface area contributed by atoms with E-state index in [1.165, 1.54) is 0 Å². The molecule has 2 aromatic rings. The number of hydrazone groups is 1. The molecule has 102 valence electrons. The Hall–Kier alpha value is -2.69. The van der Waals surface area contributed by atoms with Gasteiger partial charge in [-0.15, -0.1) is 0 Å². The van der Waals surface area contributed by atoms with Crippen molar-refractivity contribution in [1.29, 1.82) is 0 Å². The molecule has 0 saturated heterocycles. The van der Waals surface area contributed by atoms with Crippen molar-refractivity contribution in [1.82, 2.24) is 10.4 Å². The highest BCUT2D eigenvalue weighted by Crippen LogP contribution is 2.13. The topological polar surface area (TPSA) is 63.6 Å². The van der Waals surface area contributed by atoms with Crippen molar-refractivity contribution in [3.63, 3.8) is 0 Å². The van der Waals surface area contributed by atoms with Crippen LogP contribution in [0, 0.1) is 0 Å². The Morgan fingerprint density at radius 2 is 1.95 bits per heavy atom. The van der Waals surface area contributed by atoms with Gasteiger partial charge in [0.25, 0.3) is 5.91 Å². The van der Waals surface area contributed by atoms with Crippen LogP contribution in [-0.2, 0) is 0 Å². The van der Waals surface area contributed by atoms with Crippen molar-refractivity contribution in [3.05, 3.63) is 59.9 Å². The maximum absolute atomic E-state index is 11.8. The molecule has 1 aromatic carbocycles. The van der Waals surface area contributed by atoms with E-state index in [0.29, 0.717) is 11.3 Å². The van der Waals surface area contributed by atoms with Gasteiger partial charge in [0.1, 0.15) is 5.75 Å². The SMILES string of the molecule is COc1cccc(/C(C)=N/NC(=O)c2ccncc2)c1. The summed E-state index contributed by atoms with van der Waals surface area (Å²) >= 11 is 0. The number of pyridine rings is 1. The second-order valence-corrected chi connectivity index (χ2v) is 4.11. The number of methoxy groups -OCH3 is 1. The molecule has 5 heteroatoms. The van der Waals surface area contributed by atoms with Gasteiger partial charge in [0, 0.05) is 23.5 Å². The third-order valence-electron chi connectivity index (χ3n) is 2.76. The smallest absolute Gasteiger partial charge is 0.271 e. The number of hydrogen-bond donors (Lipinski definition) is 1. The maximum Gasteiger partial charge on any atom is 0.271 e. The highest BCUT2D eigenvalue weighted by molar-refractivity contribution is 6.01. The quantitative estimate of drug-likeness (QED) is 0.684. The molecule has 1 aromatic heterocycles. The molecule has 0 saturated carbocycles. The summed E-state index contributed by atoms with van der Waals surface area (Å²) in [6.07, 6.45) is 3.13. The normalized spacial score (nSPS) is 11.0. The zero-order valence-corrected chi connectivity index (χ0v) is 11.3. The van der Waals surface area contributed by atoms with Crippen LogP contribution in [0.1, 0.15) is 22.8 Å². The van der Waals surface area contributed by atoms with E-state index in [1.54, 1.807) is 31.6 Å². The lowest BCUT2D eigenvalue weighted by molar-refractivity contribution is 0.0954. The summed E-state index contributed by atoms with van der Waals surface area (Å²) < 4.78 is 5.15. The van der Waals surface area contributed by atoms with Gasteiger partial charge in [0.2, 0.25) is 0 Å². The van der Waals surface area contributed by atoms with Gasteiger partial charge in [0.05, 0.1) is 12.8 Å². The Balaban J connectivity index is 2.09. The molecule has 5 nitrogen and oxygen atoms in total. The Labute approximate surface area is 117 Å². The average Bonchev–Trinajstić information content (AvgIpc) is 2.53. The van der Waals surface area contributed by atoms with E-state index >= 15 is 0 Å². The molecule has 0 aliphatic rings. The average molecular weight is 269 g/mol. The van der Waals surface area contributed by atoms with Crippen molar-refractivity contribution < 1.29 is 9.53 Å². The monoisotopic (exact) mass is 269 g/mol. The molecule has 0 radical (unpaired) electrons. The third-order valence-corrected chi connectivity index (χ3v) is 2.76. The van der Waals surface area contributed by atoms with Crippen molar-refractivity contribution in [2.75, 3.05) is 7.11 Å². The number of ether oxygens (including phenoxy) is 1. The van der Waals surface area contributed by atoms with Gasteiger partial charge < -0.3 is 4.74 Å². The fraction of sp³-hybridized carbons (Fsp3) is 0.133. The molecule has 2 rings (SSSR count). The molecule has 0 spiro atoms. The number of carbonyl (C=O) groups is 1. The number of carbonyl (C=O) groups excluding carboxylic acids is 1. The zero-order chi connectivity index (χ0) is 14.4. The van der Waals surface area contributed by atoms with Crippen LogP contribution in [0.2, 0.25) is 0 Å². The molecule has 0 aliphatic heterocycles. The van der Waals surface area contributed by atoms with Gasteiger partial charge in [-0.1, -0.05) is 12.1 Å². The van der Waals surface area contributed by atoms with Crippen molar-refractivity contribution >= 4 is 11.6 Å². The minimum absolute atomic E-state index is 0.269. The predicted molar refractivity (Wildman–Crippen MR) is 76.9 cm³/mol. The van der Waals surface area contributed by atoms with Crippen LogP contribution in [0.5, 0.6) is 5.75 Å². The van der Waals surface area contributed by atoms with Crippen LogP contribution in [0.4, 0.5) is 0 Å². The first-order chi connectivity index (χ1) is 9.70.